The van der Waals surface area contributed by atoms with Crippen LogP contribution in [0, 0.1) is 0 Å². The minimum atomic E-state index is -2.93. The summed E-state index contributed by atoms with van der Waals surface area (Å²) in [7, 11) is -1.25. The van der Waals surface area contributed by atoms with E-state index in [1.807, 2.05) is 11.8 Å². The van der Waals surface area contributed by atoms with Gasteiger partial charge in [-0.1, -0.05) is 0 Å². The molecule has 1 saturated heterocycles. The van der Waals surface area contributed by atoms with Crippen LogP contribution < -0.4 is 11.1 Å². The minimum absolute atomic E-state index is 0.0826. The van der Waals surface area contributed by atoms with E-state index in [0.717, 1.165) is 0 Å². The molecule has 0 bridgehead atoms. The molecule has 2 atom stereocenters. The quantitative estimate of drug-likeness (QED) is 0.648. The van der Waals surface area contributed by atoms with Gasteiger partial charge in [0.15, 0.2) is 9.84 Å². The van der Waals surface area contributed by atoms with Crippen molar-refractivity contribution >= 4 is 15.7 Å². The topological polar surface area (TPSA) is 92.5 Å². The van der Waals surface area contributed by atoms with Crippen molar-refractivity contribution in [3.8, 4) is 0 Å². The number of nitrogens with zero attached hydrogens (tertiary/aromatic N) is 1. The van der Waals surface area contributed by atoms with Crippen molar-refractivity contribution in [1.82, 2.24) is 10.2 Å². The molecule has 0 spiro atoms. The molecular weight excluding hydrogens is 242 g/mol. The largest absolute Gasteiger partial charge is 0.368 e. The Labute approximate surface area is 102 Å². The van der Waals surface area contributed by atoms with Gasteiger partial charge in [0.2, 0.25) is 5.91 Å². The highest BCUT2D eigenvalue weighted by molar-refractivity contribution is 7.91. The highest BCUT2D eigenvalue weighted by Gasteiger charge is 2.36. The van der Waals surface area contributed by atoms with Crippen molar-refractivity contribution in [1.29, 1.82) is 0 Å². The lowest BCUT2D eigenvalue weighted by molar-refractivity contribution is -0.124. The zero-order chi connectivity index (χ0) is 13.3. The van der Waals surface area contributed by atoms with Gasteiger partial charge in [-0.25, -0.2) is 8.42 Å². The third-order valence-electron chi connectivity index (χ3n) is 3.42. The summed E-state index contributed by atoms with van der Waals surface area (Å²) in [6, 6.07) is -0.0826. The molecule has 0 aromatic heterocycles. The van der Waals surface area contributed by atoms with Crippen molar-refractivity contribution in [2.75, 3.05) is 31.6 Å². The summed E-state index contributed by atoms with van der Waals surface area (Å²) in [5.74, 6) is -0.137. The Morgan fingerprint density at radius 2 is 2.18 bits per heavy atom. The van der Waals surface area contributed by atoms with Crippen LogP contribution in [-0.4, -0.2) is 62.4 Å². The second-order valence-electron chi connectivity index (χ2n) is 4.88. The summed E-state index contributed by atoms with van der Waals surface area (Å²) >= 11 is 0. The number of amides is 1. The van der Waals surface area contributed by atoms with Crippen LogP contribution in [0.4, 0.5) is 0 Å². The van der Waals surface area contributed by atoms with Crippen molar-refractivity contribution < 1.29 is 13.2 Å². The maximum absolute atomic E-state index is 11.4. The molecule has 100 valence electrons. The number of sulfone groups is 1. The van der Waals surface area contributed by atoms with E-state index < -0.39 is 21.3 Å². The van der Waals surface area contributed by atoms with E-state index in [4.69, 9.17) is 5.73 Å². The van der Waals surface area contributed by atoms with Gasteiger partial charge < -0.3 is 11.1 Å². The van der Waals surface area contributed by atoms with Crippen molar-refractivity contribution in [2.45, 2.75) is 25.4 Å². The first kappa shape index (κ1) is 14.4. The number of carbonyl (C=O) groups is 1. The van der Waals surface area contributed by atoms with E-state index in [0.29, 0.717) is 13.1 Å². The normalized spacial score (nSPS) is 28.5. The number of hydrogen-bond acceptors (Lipinski definition) is 5. The summed E-state index contributed by atoms with van der Waals surface area (Å²) in [6.07, 6.45) is 0. The van der Waals surface area contributed by atoms with E-state index in [9.17, 15) is 13.2 Å². The zero-order valence-electron chi connectivity index (χ0n) is 10.6. The molecule has 6 nitrogen and oxygen atoms in total. The molecule has 7 heteroatoms. The van der Waals surface area contributed by atoms with E-state index in [-0.39, 0.29) is 17.5 Å². The van der Waals surface area contributed by atoms with Crippen molar-refractivity contribution in [2.24, 2.45) is 5.73 Å². The smallest absolute Gasteiger partial charge is 0.238 e. The molecule has 1 fully saturated rings. The molecule has 1 aliphatic rings. The molecule has 0 aliphatic carbocycles. The van der Waals surface area contributed by atoms with Gasteiger partial charge in [0.1, 0.15) is 5.54 Å². The lowest BCUT2D eigenvalue weighted by Crippen LogP contribution is -2.61. The molecule has 1 rings (SSSR count). The SMILES string of the molecule is CNC(C)(CN1CCS(=O)(=O)CC1C)C(N)=O. The Morgan fingerprint density at radius 1 is 1.59 bits per heavy atom. The molecular formula is C10H21N3O3S. The van der Waals surface area contributed by atoms with Crippen molar-refractivity contribution in [3.63, 3.8) is 0 Å². The fourth-order valence-corrected chi connectivity index (χ4v) is 3.58. The van der Waals surface area contributed by atoms with Crippen LogP contribution in [0.3, 0.4) is 0 Å². The van der Waals surface area contributed by atoms with Crippen LogP contribution in [0.2, 0.25) is 0 Å². The van der Waals surface area contributed by atoms with Gasteiger partial charge in [0.25, 0.3) is 0 Å². The van der Waals surface area contributed by atoms with Gasteiger partial charge in [0.05, 0.1) is 11.5 Å². The van der Waals surface area contributed by atoms with Crippen LogP contribution >= 0.6 is 0 Å². The van der Waals surface area contributed by atoms with Gasteiger partial charge in [-0.15, -0.1) is 0 Å². The maximum Gasteiger partial charge on any atom is 0.238 e. The molecule has 0 radical (unpaired) electrons. The van der Waals surface area contributed by atoms with Gasteiger partial charge in [0, 0.05) is 19.1 Å². The lowest BCUT2D eigenvalue weighted by atomic mass is 10.0. The highest BCUT2D eigenvalue weighted by atomic mass is 32.2. The second kappa shape index (κ2) is 4.91. The third kappa shape index (κ3) is 3.40. The third-order valence-corrected chi connectivity index (χ3v) is 5.22. The first-order valence-corrected chi connectivity index (χ1v) is 7.45. The molecule has 1 aliphatic heterocycles. The molecule has 17 heavy (non-hydrogen) atoms. The van der Waals surface area contributed by atoms with Crippen LogP contribution in [-0.2, 0) is 14.6 Å². The van der Waals surface area contributed by atoms with E-state index in [2.05, 4.69) is 5.32 Å². The van der Waals surface area contributed by atoms with Crippen LogP contribution in [0.15, 0.2) is 0 Å². The average molecular weight is 263 g/mol. The number of hydrogen-bond donors (Lipinski definition) is 2. The lowest BCUT2D eigenvalue weighted by Gasteiger charge is -2.38. The maximum atomic E-state index is 11.4. The van der Waals surface area contributed by atoms with Crippen LogP contribution in [0.5, 0.6) is 0 Å². The molecule has 0 saturated carbocycles. The Balaban J connectivity index is 2.73. The van der Waals surface area contributed by atoms with Crippen LogP contribution in [0.25, 0.3) is 0 Å². The number of likely N-dealkylation sites (N-methyl/N-ethyl adjacent to an activating group) is 1. The number of rotatable bonds is 4. The Bertz CT molecular complexity index is 396. The van der Waals surface area contributed by atoms with Gasteiger partial charge in [-0.2, -0.15) is 0 Å². The summed E-state index contributed by atoms with van der Waals surface area (Å²) in [5, 5.41) is 2.90. The monoisotopic (exact) mass is 263 g/mol. The fraction of sp³-hybridized carbons (Fsp3) is 0.900. The van der Waals surface area contributed by atoms with E-state index >= 15 is 0 Å². The van der Waals surface area contributed by atoms with Gasteiger partial charge in [-0.3, -0.25) is 9.69 Å². The molecule has 1 amide bonds. The summed E-state index contributed by atoms with van der Waals surface area (Å²) in [6.45, 7) is 4.46. The second-order valence-corrected chi connectivity index (χ2v) is 7.11. The summed E-state index contributed by atoms with van der Waals surface area (Å²) < 4.78 is 22.9. The van der Waals surface area contributed by atoms with Crippen LogP contribution in [0.1, 0.15) is 13.8 Å². The highest BCUT2D eigenvalue weighted by Crippen LogP contribution is 2.15. The number of carbonyl (C=O) groups excluding carboxylic acids is 1. The minimum Gasteiger partial charge on any atom is -0.368 e. The Morgan fingerprint density at radius 3 is 2.59 bits per heavy atom. The summed E-state index contributed by atoms with van der Waals surface area (Å²) in [5.41, 5.74) is 4.53. The van der Waals surface area contributed by atoms with E-state index in [1.165, 1.54) is 0 Å². The first-order valence-electron chi connectivity index (χ1n) is 5.63. The van der Waals surface area contributed by atoms with E-state index in [1.54, 1.807) is 14.0 Å². The number of nitrogens with two attached hydrogens (primary N) is 1. The molecule has 1 heterocycles. The fourth-order valence-electron chi connectivity index (χ4n) is 1.95. The summed E-state index contributed by atoms with van der Waals surface area (Å²) in [4.78, 5) is 13.4. The molecule has 2 unspecified atom stereocenters. The predicted molar refractivity (Wildman–Crippen MR) is 66.3 cm³/mol. The Kier molecular flexibility index (Phi) is 4.16. The van der Waals surface area contributed by atoms with Gasteiger partial charge >= 0.3 is 0 Å². The number of primary amides is 1. The first-order chi connectivity index (χ1) is 7.70. The average Bonchev–Trinajstić information content (AvgIpc) is 2.21. The predicted octanol–water partition coefficient (Wildman–Crippen LogP) is -1.43. The number of nitrogens with one attached hydrogen (secondary N) is 1. The zero-order valence-corrected chi connectivity index (χ0v) is 11.4. The standard InChI is InChI=1S/C10H21N3O3S/c1-8-6-17(15,16)5-4-13(8)7-10(2,12-3)9(11)14/h8,12H,4-7H2,1-3H3,(H2,11,14). The Hall–Kier alpha value is -0.660. The molecule has 0 aromatic carbocycles. The molecule has 0 aromatic rings. The van der Waals surface area contributed by atoms with Crippen molar-refractivity contribution in [3.05, 3.63) is 0 Å². The molecule has 3 N–H and O–H groups in total. The van der Waals surface area contributed by atoms with Gasteiger partial charge in [-0.05, 0) is 20.9 Å².